The van der Waals surface area contributed by atoms with E-state index in [9.17, 15) is 16.8 Å². The zero-order valence-corrected chi connectivity index (χ0v) is 15.3. The molecule has 1 fully saturated rings. The lowest BCUT2D eigenvalue weighted by Gasteiger charge is -2.19. The molecule has 8 heteroatoms. The van der Waals surface area contributed by atoms with E-state index in [0.717, 1.165) is 13.0 Å². The average Bonchev–Trinajstić information content (AvgIpc) is 3.09. The van der Waals surface area contributed by atoms with E-state index in [-0.39, 0.29) is 23.2 Å². The van der Waals surface area contributed by atoms with Gasteiger partial charge in [0.25, 0.3) is 0 Å². The van der Waals surface area contributed by atoms with Crippen LogP contribution in [0.5, 0.6) is 0 Å². The molecule has 3 rings (SSSR count). The number of nitrogens with zero attached hydrogens (tertiary/aromatic N) is 1. The van der Waals surface area contributed by atoms with Crippen LogP contribution in [0.4, 0.5) is 5.69 Å². The van der Waals surface area contributed by atoms with Crippen molar-refractivity contribution < 1.29 is 16.8 Å². The van der Waals surface area contributed by atoms with Crippen molar-refractivity contribution in [2.75, 3.05) is 41.8 Å². The highest BCUT2D eigenvalue weighted by Crippen LogP contribution is 2.26. The summed E-state index contributed by atoms with van der Waals surface area (Å²) in [6.45, 7) is 1.94. The van der Waals surface area contributed by atoms with Gasteiger partial charge in [0.15, 0.2) is 9.84 Å². The van der Waals surface area contributed by atoms with Gasteiger partial charge in [-0.15, -0.1) is 0 Å². The summed E-state index contributed by atoms with van der Waals surface area (Å²) in [5.74, 6) is 0.313. The number of hydrogen-bond donors (Lipinski definition) is 1. The van der Waals surface area contributed by atoms with Crippen LogP contribution in [-0.2, 0) is 26.3 Å². The number of sulfonamides is 1. The Hall–Kier alpha value is -1.12. The minimum absolute atomic E-state index is 0.00374. The summed E-state index contributed by atoms with van der Waals surface area (Å²) in [5, 5.41) is 0. The number of nitrogens with one attached hydrogen (secondary N) is 1. The second-order valence-electron chi connectivity index (χ2n) is 6.64. The molecule has 0 spiro atoms. The molecule has 2 aliphatic heterocycles. The summed E-state index contributed by atoms with van der Waals surface area (Å²) in [6, 6.07) is 8.19. The summed E-state index contributed by atoms with van der Waals surface area (Å²) in [4.78, 5) is 2.20. The van der Waals surface area contributed by atoms with Crippen molar-refractivity contribution in [3.63, 3.8) is 0 Å². The van der Waals surface area contributed by atoms with Gasteiger partial charge in [0, 0.05) is 25.3 Å². The lowest BCUT2D eigenvalue weighted by Crippen LogP contribution is -2.35. The minimum atomic E-state index is -3.35. The maximum Gasteiger partial charge on any atom is 0.211 e. The highest BCUT2D eigenvalue weighted by atomic mass is 32.2. The molecule has 0 aromatic heterocycles. The summed E-state index contributed by atoms with van der Waals surface area (Å²) in [7, 11) is -6.29. The van der Waals surface area contributed by atoms with E-state index in [1.165, 1.54) is 11.3 Å². The van der Waals surface area contributed by atoms with Gasteiger partial charge in [-0.1, -0.05) is 18.2 Å². The van der Waals surface area contributed by atoms with E-state index in [1.807, 2.05) is 12.1 Å². The Labute approximate surface area is 144 Å². The van der Waals surface area contributed by atoms with Gasteiger partial charge in [-0.05, 0) is 36.8 Å². The molecule has 6 nitrogen and oxygen atoms in total. The zero-order valence-electron chi connectivity index (χ0n) is 13.6. The maximum absolute atomic E-state index is 12.1. The van der Waals surface area contributed by atoms with E-state index in [1.54, 1.807) is 0 Å². The van der Waals surface area contributed by atoms with Gasteiger partial charge in [-0.25, -0.2) is 21.6 Å². The lowest BCUT2D eigenvalue weighted by molar-refractivity contribution is 0.544. The first-order valence-electron chi connectivity index (χ1n) is 8.35. The third-order valence-electron chi connectivity index (χ3n) is 4.81. The van der Waals surface area contributed by atoms with Crippen LogP contribution in [0, 0.1) is 5.92 Å². The fourth-order valence-electron chi connectivity index (χ4n) is 3.47. The molecule has 0 radical (unpaired) electrons. The minimum Gasteiger partial charge on any atom is -0.370 e. The molecule has 0 amide bonds. The number of anilines is 1. The molecule has 1 atom stereocenters. The Kier molecular flexibility index (Phi) is 5.17. The number of fused-ring (bicyclic) bond motifs is 1. The van der Waals surface area contributed by atoms with Crippen molar-refractivity contribution >= 4 is 25.5 Å². The van der Waals surface area contributed by atoms with E-state index in [2.05, 4.69) is 21.8 Å². The number of benzene rings is 1. The van der Waals surface area contributed by atoms with Gasteiger partial charge in [-0.2, -0.15) is 0 Å². The highest BCUT2D eigenvalue weighted by molar-refractivity contribution is 7.91. The van der Waals surface area contributed by atoms with Gasteiger partial charge >= 0.3 is 0 Å². The standard InChI is InChI=1S/C16H24N2O4S2/c19-23(20)11-6-14(13-23)7-12-24(21,22)17-8-10-18-9-5-15-3-1-2-4-16(15)18/h1-4,14,17H,5-13H2. The normalized spacial score (nSPS) is 22.7. The van der Waals surface area contributed by atoms with Crippen molar-refractivity contribution in [1.29, 1.82) is 0 Å². The van der Waals surface area contributed by atoms with Crippen LogP contribution in [0.1, 0.15) is 18.4 Å². The topological polar surface area (TPSA) is 83.5 Å². The van der Waals surface area contributed by atoms with E-state index >= 15 is 0 Å². The van der Waals surface area contributed by atoms with Gasteiger partial charge in [-0.3, -0.25) is 0 Å². The molecule has 24 heavy (non-hydrogen) atoms. The fraction of sp³-hybridized carbons (Fsp3) is 0.625. The Morgan fingerprint density at radius 2 is 2.04 bits per heavy atom. The SMILES string of the molecule is O=S1(=O)CCC(CCS(=O)(=O)NCCN2CCc3ccccc32)C1. The molecule has 0 bridgehead atoms. The number of rotatable bonds is 7. The van der Waals surface area contributed by atoms with Crippen LogP contribution in [0.15, 0.2) is 24.3 Å². The Bertz CT molecular complexity index is 790. The van der Waals surface area contributed by atoms with Crippen molar-refractivity contribution in [3.05, 3.63) is 29.8 Å². The van der Waals surface area contributed by atoms with Gasteiger partial charge in [0.05, 0.1) is 17.3 Å². The van der Waals surface area contributed by atoms with Crippen molar-refractivity contribution in [2.24, 2.45) is 5.92 Å². The Morgan fingerprint density at radius 1 is 1.25 bits per heavy atom. The highest BCUT2D eigenvalue weighted by Gasteiger charge is 2.28. The lowest BCUT2D eigenvalue weighted by atomic mass is 10.1. The first-order chi connectivity index (χ1) is 11.3. The van der Waals surface area contributed by atoms with Crippen molar-refractivity contribution in [1.82, 2.24) is 4.72 Å². The Balaban J connectivity index is 1.43. The molecule has 0 saturated carbocycles. The van der Waals surface area contributed by atoms with Crippen molar-refractivity contribution in [2.45, 2.75) is 19.3 Å². The third-order valence-corrected chi connectivity index (χ3v) is 8.06. The van der Waals surface area contributed by atoms with Gasteiger partial charge in [0.2, 0.25) is 10.0 Å². The molecule has 1 saturated heterocycles. The fourth-order valence-corrected chi connectivity index (χ4v) is 6.57. The molecule has 0 aliphatic carbocycles. The van der Waals surface area contributed by atoms with E-state index in [4.69, 9.17) is 0 Å². The number of para-hydroxylation sites is 1. The summed E-state index contributed by atoms with van der Waals surface area (Å²) in [6.07, 6.45) is 2.00. The van der Waals surface area contributed by atoms with Crippen LogP contribution in [0.25, 0.3) is 0 Å². The number of sulfone groups is 1. The molecule has 1 unspecified atom stereocenters. The molecule has 2 aliphatic rings. The first-order valence-corrected chi connectivity index (χ1v) is 11.8. The Morgan fingerprint density at radius 3 is 2.79 bits per heavy atom. The van der Waals surface area contributed by atoms with Crippen LogP contribution in [0.2, 0.25) is 0 Å². The third kappa shape index (κ3) is 4.49. The molecule has 134 valence electrons. The predicted octanol–water partition coefficient (Wildman–Crippen LogP) is 0.793. The zero-order chi connectivity index (χ0) is 17.2. The van der Waals surface area contributed by atoms with Gasteiger partial charge < -0.3 is 4.90 Å². The molecule has 2 heterocycles. The van der Waals surface area contributed by atoms with E-state index < -0.39 is 19.9 Å². The molecule has 1 aromatic rings. The molecular formula is C16H24N2O4S2. The second-order valence-corrected chi connectivity index (χ2v) is 10.8. The molecule has 1 N–H and O–H groups in total. The predicted molar refractivity (Wildman–Crippen MR) is 95.5 cm³/mol. The van der Waals surface area contributed by atoms with Gasteiger partial charge in [0.1, 0.15) is 0 Å². The van der Waals surface area contributed by atoms with E-state index in [0.29, 0.717) is 25.9 Å². The second kappa shape index (κ2) is 7.01. The average molecular weight is 373 g/mol. The summed E-state index contributed by atoms with van der Waals surface area (Å²) in [5.41, 5.74) is 2.50. The molecular weight excluding hydrogens is 348 g/mol. The largest absolute Gasteiger partial charge is 0.370 e. The number of hydrogen-bond acceptors (Lipinski definition) is 5. The first kappa shape index (κ1) is 17.7. The van der Waals surface area contributed by atoms with Crippen LogP contribution < -0.4 is 9.62 Å². The smallest absolute Gasteiger partial charge is 0.211 e. The van der Waals surface area contributed by atoms with Crippen LogP contribution in [0.3, 0.4) is 0 Å². The molecule has 1 aromatic carbocycles. The van der Waals surface area contributed by atoms with Crippen LogP contribution in [-0.4, -0.2) is 53.7 Å². The van der Waals surface area contributed by atoms with Crippen molar-refractivity contribution in [3.8, 4) is 0 Å². The maximum atomic E-state index is 12.1. The monoisotopic (exact) mass is 372 g/mol. The quantitative estimate of drug-likeness (QED) is 0.765. The summed E-state index contributed by atoms with van der Waals surface area (Å²) < 4.78 is 49.6. The summed E-state index contributed by atoms with van der Waals surface area (Å²) >= 11 is 0. The van der Waals surface area contributed by atoms with Crippen LogP contribution >= 0.6 is 0 Å².